The van der Waals surface area contributed by atoms with Crippen molar-refractivity contribution in [2.75, 3.05) is 26.4 Å². The van der Waals surface area contributed by atoms with Gasteiger partial charge in [0.15, 0.2) is 0 Å². The van der Waals surface area contributed by atoms with Gasteiger partial charge in [0, 0.05) is 24.3 Å². The van der Waals surface area contributed by atoms with Crippen LogP contribution in [0.15, 0.2) is 18.2 Å². The van der Waals surface area contributed by atoms with Crippen molar-refractivity contribution in [3.05, 3.63) is 35.1 Å². The lowest BCUT2D eigenvalue weighted by molar-refractivity contribution is 0.0907. The van der Waals surface area contributed by atoms with E-state index in [1.54, 1.807) is 0 Å². The molecule has 0 heterocycles. The van der Waals surface area contributed by atoms with Gasteiger partial charge in [-0.05, 0) is 31.2 Å². The first-order valence-corrected chi connectivity index (χ1v) is 6.12. The second-order valence-electron chi connectivity index (χ2n) is 4.04. The van der Waals surface area contributed by atoms with Gasteiger partial charge < -0.3 is 20.9 Å². The predicted molar refractivity (Wildman–Crippen MR) is 69.1 cm³/mol. The van der Waals surface area contributed by atoms with Gasteiger partial charge in [-0.3, -0.25) is 4.79 Å². The number of benzene rings is 1. The molecule has 1 amide bonds. The van der Waals surface area contributed by atoms with E-state index in [4.69, 9.17) is 15.6 Å². The molecule has 1 rings (SSSR count). The highest BCUT2D eigenvalue weighted by molar-refractivity contribution is 5.92. The van der Waals surface area contributed by atoms with Crippen LogP contribution in [0, 0.1) is 5.82 Å². The van der Waals surface area contributed by atoms with Gasteiger partial charge in [0.05, 0.1) is 13.2 Å². The van der Waals surface area contributed by atoms with Gasteiger partial charge in [-0.25, -0.2) is 4.39 Å². The summed E-state index contributed by atoms with van der Waals surface area (Å²) in [4.78, 5) is 11.0. The van der Waals surface area contributed by atoms with E-state index in [0.717, 1.165) is 6.42 Å². The fourth-order valence-electron chi connectivity index (χ4n) is 1.55. The number of carbonyl (C=O) groups excluding carboxylic acids is 1. The molecule has 0 atom stereocenters. The minimum absolute atomic E-state index is 0.0124. The third-order valence-corrected chi connectivity index (χ3v) is 2.52. The Morgan fingerprint density at radius 1 is 1.42 bits per heavy atom. The minimum Gasteiger partial charge on any atom is -0.394 e. The Kier molecular flexibility index (Phi) is 7.02. The number of rotatable bonds is 9. The van der Waals surface area contributed by atoms with Crippen LogP contribution in [-0.4, -0.2) is 37.4 Å². The molecule has 0 aromatic heterocycles. The molecule has 106 valence electrons. The molecule has 4 N–H and O–H groups in total. The number of ether oxygens (including phenoxy) is 1. The average Bonchev–Trinajstić information content (AvgIpc) is 2.39. The van der Waals surface area contributed by atoms with E-state index in [1.807, 2.05) is 0 Å². The Bertz CT molecular complexity index is 413. The summed E-state index contributed by atoms with van der Waals surface area (Å²) in [6, 6.07) is 4.05. The molecule has 0 aliphatic rings. The predicted octanol–water partition coefficient (Wildman–Crippen LogP) is 0.413. The summed E-state index contributed by atoms with van der Waals surface area (Å²) in [6.45, 7) is 1.86. The lowest BCUT2D eigenvalue weighted by atomic mass is 10.1. The van der Waals surface area contributed by atoms with Crippen molar-refractivity contribution >= 4 is 5.91 Å². The number of carbonyl (C=O) groups is 1. The maximum absolute atomic E-state index is 13.5. The van der Waals surface area contributed by atoms with E-state index >= 15 is 0 Å². The molecule has 5 nitrogen and oxygen atoms in total. The van der Waals surface area contributed by atoms with Gasteiger partial charge >= 0.3 is 0 Å². The summed E-state index contributed by atoms with van der Waals surface area (Å²) in [5.74, 6) is -0.937. The number of aliphatic hydroxyl groups excluding tert-OH is 1. The van der Waals surface area contributed by atoms with Crippen LogP contribution in [0.2, 0.25) is 0 Å². The molecule has 0 aliphatic heterocycles. The summed E-state index contributed by atoms with van der Waals surface area (Å²) in [6.07, 6.45) is 0.761. The second-order valence-corrected chi connectivity index (χ2v) is 4.04. The molecule has 0 fully saturated rings. The van der Waals surface area contributed by atoms with E-state index in [1.165, 1.54) is 18.2 Å². The molecule has 1 aromatic carbocycles. The van der Waals surface area contributed by atoms with Gasteiger partial charge in [-0.1, -0.05) is 0 Å². The zero-order chi connectivity index (χ0) is 14.1. The maximum atomic E-state index is 13.5. The fourth-order valence-corrected chi connectivity index (χ4v) is 1.55. The van der Waals surface area contributed by atoms with Gasteiger partial charge in [0.2, 0.25) is 5.91 Å². The Morgan fingerprint density at radius 2 is 2.21 bits per heavy atom. The van der Waals surface area contributed by atoms with Crippen LogP contribution in [-0.2, 0) is 11.3 Å². The highest BCUT2D eigenvalue weighted by atomic mass is 19.1. The summed E-state index contributed by atoms with van der Waals surface area (Å²) in [7, 11) is 0. The first-order chi connectivity index (χ1) is 9.15. The Morgan fingerprint density at radius 3 is 2.89 bits per heavy atom. The number of nitrogens with one attached hydrogen (secondary N) is 1. The van der Waals surface area contributed by atoms with Crippen LogP contribution in [0.25, 0.3) is 0 Å². The van der Waals surface area contributed by atoms with Crippen molar-refractivity contribution in [2.45, 2.75) is 13.0 Å². The number of hydrogen-bond acceptors (Lipinski definition) is 4. The Balaban J connectivity index is 2.32. The molecule has 0 bridgehead atoms. The molecule has 0 saturated carbocycles. The molecule has 0 radical (unpaired) electrons. The fraction of sp³-hybridized carbons (Fsp3) is 0.462. The molecular weight excluding hydrogens is 251 g/mol. The molecule has 6 heteroatoms. The van der Waals surface area contributed by atoms with E-state index in [9.17, 15) is 9.18 Å². The number of nitrogens with two attached hydrogens (primary N) is 1. The summed E-state index contributed by atoms with van der Waals surface area (Å²) < 4.78 is 18.5. The van der Waals surface area contributed by atoms with Gasteiger partial charge in [0.25, 0.3) is 0 Å². The molecule has 0 saturated heterocycles. The van der Waals surface area contributed by atoms with Crippen LogP contribution < -0.4 is 11.1 Å². The first-order valence-electron chi connectivity index (χ1n) is 6.12. The number of primary amides is 1. The molecular formula is C13H19FN2O3. The van der Waals surface area contributed by atoms with Crippen LogP contribution in [0.1, 0.15) is 22.3 Å². The summed E-state index contributed by atoms with van der Waals surface area (Å²) >= 11 is 0. The van der Waals surface area contributed by atoms with Crippen molar-refractivity contribution in [1.29, 1.82) is 0 Å². The van der Waals surface area contributed by atoms with Crippen LogP contribution in [0.4, 0.5) is 4.39 Å². The number of hydrogen-bond donors (Lipinski definition) is 3. The second kappa shape index (κ2) is 8.58. The molecule has 0 spiro atoms. The Hall–Kier alpha value is -1.50. The first kappa shape index (κ1) is 15.6. The molecule has 0 aliphatic carbocycles. The zero-order valence-corrected chi connectivity index (χ0v) is 10.7. The third-order valence-electron chi connectivity index (χ3n) is 2.52. The topological polar surface area (TPSA) is 84.6 Å². The average molecular weight is 270 g/mol. The lowest BCUT2D eigenvalue weighted by Gasteiger charge is -2.07. The number of amides is 1. The normalized spacial score (nSPS) is 10.6. The van der Waals surface area contributed by atoms with Crippen LogP contribution in [0.3, 0.4) is 0 Å². The Labute approximate surface area is 111 Å². The maximum Gasteiger partial charge on any atom is 0.248 e. The van der Waals surface area contributed by atoms with Crippen molar-refractivity contribution in [2.24, 2.45) is 5.73 Å². The lowest BCUT2D eigenvalue weighted by Crippen LogP contribution is -2.18. The highest BCUT2D eigenvalue weighted by Gasteiger charge is 2.06. The van der Waals surface area contributed by atoms with Crippen molar-refractivity contribution < 1.29 is 19.0 Å². The van der Waals surface area contributed by atoms with Crippen molar-refractivity contribution in [1.82, 2.24) is 5.32 Å². The largest absolute Gasteiger partial charge is 0.394 e. The molecule has 19 heavy (non-hydrogen) atoms. The number of aliphatic hydroxyl groups is 1. The monoisotopic (exact) mass is 270 g/mol. The van der Waals surface area contributed by atoms with Crippen LogP contribution >= 0.6 is 0 Å². The van der Waals surface area contributed by atoms with E-state index in [0.29, 0.717) is 37.4 Å². The molecule has 1 aromatic rings. The van der Waals surface area contributed by atoms with Crippen molar-refractivity contribution in [3.8, 4) is 0 Å². The van der Waals surface area contributed by atoms with Crippen molar-refractivity contribution in [3.63, 3.8) is 0 Å². The van der Waals surface area contributed by atoms with Gasteiger partial charge in [0.1, 0.15) is 5.82 Å². The SMILES string of the molecule is NC(=O)c1ccc(F)c(CNCCCOCCO)c1. The van der Waals surface area contributed by atoms with Gasteiger partial charge in [-0.15, -0.1) is 0 Å². The molecule has 0 unspecified atom stereocenters. The van der Waals surface area contributed by atoms with Crippen LogP contribution in [0.5, 0.6) is 0 Å². The smallest absolute Gasteiger partial charge is 0.248 e. The standard InChI is InChI=1S/C13H19FN2O3/c14-12-3-2-10(13(15)18)8-11(12)9-16-4-1-6-19-7-5-17/h2-3,8,16-17H,1,4-7,9H2,(H2,15,18). The highest BCUT2D eigenvalue weighted by Crippen LogP contribution is 2.10. The number of halogens is 1. The zero-order valence-electron chi connectivity index (χ0n) is 10.7. The quantitative estimate of drug-likeness (QED) is 0.568. The van der Waals surface area contributed by atoms with E-state index in [2.05, 4.69) is 5.32 Å². The van der Waals surface area contributed by atoms with Gasteiger partial charge in [-0.2, -0.15) is 0 Å². The minimum atomic E-state index is -0.571. The summed E-state index contributed by atoms with van der Waals surface area (Å²) in [5, 5.41) is 11.5. The van der Waals surface area contributed by atoms with E-state index < -0.39 is 5.91 Å². The third kappa shape index (κ3) is 5.78. The summed E-state index contributed by atoms with van der Waals surface area (Å²) in [5.41, 5.74) is 5.84. The van der Waals surface area contributed by atoms with E-state index in [-0.39, 0.29) is 12.4 Å².